The number of rotatable bonds is 5. The van der Waals surface area contributed by atoms with E-state index in [4.69, 9.17) is 5.73 Å². The first-order chi connectivity index (χ1) is 9.72. The van der Waals surface area contributed by atoms with Crippen LogP contribution in [-0.2, 0) is 28.7 Å². The van der Waals surface area contributed by atoms with E-state index in [-0.39, 0.29) is 12.3 Å². The van der Waals surface area contributed by atoms with Gasteiger partial charge in [-0.25, -0.2) is 8.78 Å². The molecule has 9 heteroatoms. The van der Waals surface area contributed by atoms with E-state index in [0.717, 1.165) is 0 Å². The van der Waals surface area contributed by atoms with Crippen LogP contribution in [0.4, 0.5) is 22.0 Å². The molecule has 0 amide bonds. The molecular weight excluding hydrogens is 299 g/mol. The van der Waals surface area contributed by atoms with Crippen LogP contribution in [0.3, 0.4) is 0 Å². The minimum absolute atomic E-state index is 0.0397. The molecule has 0 spiro atoms. The lowest BCUT2D eigenvalue weighted by Gasteiger charge is -2.18. The van der Waals surface area contributed by atoms with Crippen LogP contribution < -0.4 is 5.73 Å². The first kappa shape index (κ1) is 17.3. The molecule has 0 bridgehead atoms. The van der Waals surface area contributed by atoms with Crippen molar-refractivity contribution >= 4 is 5.97 Å². The summed E-state index contributed by atoms with van der Waals surface area (Å²) in [6.07, 6.45) is -8.52. The number of ether oxygens (including phenoxy) is 1. The third kappa shape index (κ3) is 4.10. The molecule has 0 aliphatic rings. The molecule has 0 saturated heterocycles. The highest BCUT2D eigenvalue weighted by Crippen LogP contribution is 2.39. The van der Waals surface area contributed by atoms with E-state index in [1.807, 2.05) is 0 Å². The number of halogens is 5. The monoisotopic (exact) mass is 312 g/mol. The average molecular weight is 312 g/mol. The number of hydrogen-bond acceptors (Lipinski definition) is 4. The number of aromatic nitrogens is 1. The van der Waals surface area contributed by atoms with Crippen molar-refractivity contribution in [3.05, 3.63) is 28.6 Å². The van der Waals surface area contributed by atoms with E-state index < -0.39 is 48.2 Å². The van der Waals surface area contributed by atoms with Gasteiger partial charge in [-0.15, -0.1) is 0 Å². The van der Waals surface area contributed by atoms with Crippen molar-refractivity contribution in [1.29, 1.82) is 0 Å². The van der Waals surface area contributed by atoms with Crippen molar-refractivity contribution in [3.63, 3.8) is 0 Å². The van der Waals surface area contributed by atoms with Crippen LogP contribution in [0.2, 0.25) is 0 Å². The van der Waals surface area contributed by atoms with E-state index in [1.54, 1.807) is 0 Å². The predicted octanol–water partition coefficient (Wildman–Crippen LogP) is 2.60. The molecule has 1 rings (SSSR count). The van der Waals surface area contributed by atoms with Gasteiger partial charge in [-0.3, -0.25) is 9.78 Å². The van der Waals surface area contributed by atoms with Crippen molar-refractivity contribution in [3.8, 4) is 0 Å². The van der Waals surface area contributed by atoms with Gasteiger partial charge in [-0.2, -0.15) is 13.2 Å². The van der Waals surface area contributed by atoms with E-state index >= 15 is 0 Å². The number of alkyl halides is 5. The Kier molecular flexibility index (Phi) is 5.59. The Bertz CT molecular complexity index is 517. The zero-order chi connectivity index (χ0) is 16.2. The van der Waals surface area contributed by atoms with Gasteiger partial charge in [-0.1, -0.05) is 0 Å². The lowest BCUT2D eigenvalue weighted by atomic mass is 9.99. The highest BCUT2D eigenvalue weighted by molar-refractivity contribution is 5.72. The number of pyridine rings is 1. The normalized spacial score (nSPS) is 11.8. The Labute approximate surface area is 117 Å². The molecule has 0 unspecified atom stereocenters. The van der Waals surface area contributed by atoms with Gasteiger partial charge in [0.05, 0.1) is 24.3 Å². The molecule has 0 fully saturated rings. The standard InChI is InChI=1S/C12H13F5N2O2/c1-2-21-9(20)3-8-6(4-18)10(12(15,16)17)7(5-19-8)11(13)14/h5,11H,2-4,18H2,1H3. The number of nitrogens with two attached hydrogens (primary N) is 1. The van der Waals surface area contributed by atoms with E-state index in [9.17, 15) is 26.7 Å². The summed E-state index contributed by atoms with van der Waals surface area (Å²) >= 11 is 0. The predicted molar refractivity (Wildman–Crippen MR) is 62.4 cm³/mol. The third-order valence-electron chi connectivity index (χ3n) is 2.64. The zero-order valence-corrected chi connectivity index (χ0v) is 11.0. The summed E-state index contributed by atoms with van der Waals surface area (Å²) in [4.78, 5) is 14.8. The molecule has 1 aromatic rings. The number of hydrogen-bond donors (Lipinski definition) is 1. The Balaban J connectivity index is 3.39. The maximum Gasteiger partial charge on any atom is 0.417 e. The van der Waals surface area contributed by atoms with Crippen molar-refractivity contribution in [1.82, 2.24) is 4.98 Å². The summed E-state index contributed by atoms with van der Waals surface area (Å²) in [5.41, 5.74) is 1.51. The lowest BCUT2D eigenvalue weighted by Crippen LogP contribution is -2.21. The molecule has 0 atom stereocenters. The van der Waals surface area contributed by atoms with Gasteiger partial charge in [0.15, 0.2) is 0 Å². The van der Waals surface area contributed by atoms with Crippen LogP contribution in [0.1, 0.15) is 35.7 Å². The van der Waals surface area contributed by atoms with Gasteiger partial charge in [0.25, 0.3) is 6.43 Å². The van der Waals surface area contributed by atoms with Crippen molar-refractivity contribution in [2.45, 2.75) is 32.5 Å². The van der Waals surface area contributed by atoms with Crippen LogP contribution in [0, 0.1) is 0 Å². The fourth-order valence-corrected chi connectivity index (χ4v) is 1.83. The van der Waals surface area contributed by atoms with E-state index in [1.165, 1.54) is 6.92 Å². The Morgan fingerprint density at radius 1 is 1.43 bits per heavy atom. The molecule has 0 aromatic carbocycles. The second kappa shape index (κ2) is 6.79. The highest BCUT2D eigenvalue weighted by Gasteiger charge is 2.39. The lowest BCUT2D eigenvalue weighted by molar-refractivity contribution is -0.143. The molecule has 2 N–H and O–H groups in total. The highest BCUT2D eigenvalue weighted by atomic mass is 19.4. The van der Waals surface area contributed by atoms with E-state index in [2.05, 4.69) is 9.72 Å². The Morgan fingerprint density at radius 2 is 2.05 bits per heavy atom. The van der Waals surface area contributed by atoms with Crippen LogP contribution in [-0.4, -0.2) is 17.6 Å². The minimum atomic E-state index is -5.02. The summed E-state index contributed by atoms with van der Waals surface area (Å²) in [5, 5.41) is 0. The maximum atomic E-state index is 13.0. The van der Waals surface area contributed by atoms with E-state index in [0.29, 0.717) is 6.20 Å². The maximum absolute atomic E-state index is 13.0. The topological polar surface area (TPSA) is 65.2 Å². The summed E-state index contributed by atoms with van der Waals surface area (Å²) in [6.45, 7) is 0.894. The molecule has 0 aliphatic carbocycles. The second-order valence-electron chi connectivity index (χ2n) is 4.00. The van der Waals surface area contributed by atoms with Crippen molar-refractivity contribution in [2.75, 3.05) is 6.61 Å². The molecule has 0 saturated carbocycles. The van der Waals surface area contributed by atoms with Crippen molar-refractivity contribution in [2.24, 2.45) is 5.73 Å². The Hall–Kier alpha value is -1.77. The summed E-state index contributed by atoms with van der Waals surface area (Å²) in [5.74, 6) is -0.808. The largest absolute Gasteiger partial charge is 0.466 e. The van der Waals surface area contributed by atoms with Gasteiger partial charge < -0.3 is 10.5 Å². The zero-order valence-electron chi connectivity index (χ0n) is 11.0. The van der Waals surface area contributed by atoms with Crippen LogP contribution in [0.5, 0.6) is 0 Å². The van der Waals surface area contributed by atoms with Gasteiger partial charge in [0.1, 0.15) is 0 Å². The molecule has 118 valence electrons. The van der Waals surface area contributed by atoms with Gasteiger partial charge >= 0.3 is 12.1 Å². The van der Waals surface area contributed by atoms with Gasteiger partial charge in [0, 0.05) is 23.9 Å². The van der Waals surface area contributed by atoms with Crippen LogP contribution in [0.15, 0.2) is 6.20 Å². The van der Waals surface area contributed by atoms with Crippen LogP contribution >= 0.6 is 0 Å². The SMILES string of the molecule is CCOC(=O)Cc1ncc(C(F)F)c(C(F)(F)F)c1CN. The summed E-state index contributed by atoms with van der Waals surface area (Å²) in [7, 11) is 0. The number of nitrogens with zero attached hydrogens (tertiary/aromatic N) is 1. The fourth-order valence-electron chi connectivity index (χ4n) is 1.83. The van der Waals surface area contributed by atoms with Gasteiger partial charge in [-0.05, 0) is 6.92 Å². The van der Waals surface area contributed by atoms with Gasteiger partial charge in [0.2, 0.25) is 0 Å². The summed E-state index contributed by atoms with van der Waals surface area (Å²) in [6, 6.07) is 0. The fraction of sp³-hybridized carbons (Fsp3) is 0.500. The summed E-state index contributed by atoms with van der Waals surface area (Å²) < 4.78 is 69.0. The average Bonchev–Trinajstić information content (AvgIpc) is 2.36. The smallest absolute Gasteiger partial charge is 0.417 e. The Morgan fingerprint density at radius 3 is 2.48 bits per heavy atom. The minimum Gasteiger partial charge on any atom is -0.466 e. The van der Waals surface area contributed by atoms with Crippen LogP contribution in [0.25, 0.3) is 0 Å². The number of carbonyl (C=O) groups is 1. The molecule has 0 aliphatic heterocycles. The molecular formula is C12H13F5N2O2. The van der Waals surface area contributed by atoms with Crippen molar-refractivity contribution < 1.29 is 31.5 Å². The quantitative estimate of drug-likeness (QED) is 0.670. The molecule has 1 aromatic heterocycles. The second-order valence-corrected chi connectivity index (χ2v) is 4.00. The number of esters is 1. The first-order valence-electron chi connectivity index (χ1n) is 5.94. The molecule has 0 radical (unpaired) electrons. The molecule has 21 heavy (non-hydrogen) atoms. The first-order valence-corrected chi connectivity index (χ1v) is 5.94. The molecule has 4 nitrogen and oxygen atoms in total. The third-order valence-corrected chi connectivity index (χ3v) is 2.64. The number of carbonyl (C=O) groups excluding carboxylic acids is 1. The molecule has 1 heterocycles.